The lowest BCUT2D eigenvalue weighted by atomic mass is 9.87. The molecule has 1 saturated carbocycles. The maximum absolute atomic E-state index is 6.28. The first kappa shape index (κ1) is 17.3. The molecule has 2 aromatic rings. The Hall–Kier alpha value is -3.16. The van der Waals surface area contributed by atoms with Gasteiger partial charge >= 0.3 is 0 Å². The zero-order chi connectivity index (χ0) is 18.9. The normalized spacial score (nSPS) is 18.8. The summed E-state index contributed by atoms with van der Waals surface area (Å²) < 4.78 is 5.88. The highest BCUT2D eigenvalue weighted by Crippen LogP contribution is 2.40. The molecule has 0 atom stereocenters. The number of hydrogen-bond donors (Lipinski definition) is 2. The van der Waals surface area contributed by atoms with Gasteiger partial charge in [-0.15, -0.1) is 0 Å². The first-order valence-electron chi connectivity index (χ1n) is 9.12. The Morgan fingerprint density at radius 3 is 2.70 bits per heavy atom. The van der Waals surface area contributed by atoms with Gasteiger partial charge in [-0.25, -0.2) is 9.98 Å². The molecule has 1 aliphatic carbocycles. The van der Waals surface area contributed by atoms with E-state index in [1.54, 1.807) is 12.4 Å². The molecular weight excluding hydrogens is 342 g/mol. The lowest BCUT2D eigenvalue weighted by Crippen LogP contribution is -2.58. The molecule has 27 heavy (non-hydrogen) atoms. The van der Waals surface area contributed by atoms with Crippen molar-refractivity contribution in [2.45, 2.75) is 44.7 Å². The highest BCUT2D eigenvalue weighted by Gasteiger charge is 2.42. The first-order chi connectivity index (χ1) is 13.1. The number of aromatic nitrogens is 2. The third-order valence-electron chi connectivity index (χ3n) is 4.88. The highest BCUT2D eigenvalue weighted by atomic mass is 16.5. The summed E-state index contributed by atoms with van der Waals surface area (Å²) in [7, 11) is 0. The number of ether oxygens (including phenoxy) is 1. The van der Waals surface area contributed by atoms with E-state index in [9.17, 15) is 0 Å². The molecule has 2 aliphatic rings. The molecule has 8 heteroatoms. The Bertz CT molecular complexity index is 902. The summed E-state index contributed by atoms with van der Waals surface area (Å²) in [5.41, 5.74) is 13.4. The van der Waals surface area contributed by atoms with Crippen molar-refractivity contribution in [1.82, 2.24) is 9.97 Å². The molecule has 4 N–H and O–H groups in total. The topological polar surface area (TPSA) is 115 Å². The van der Waals surface area contributed by atoms with Crippen LogP contribution < -0.4 is 21.1 Å². The first-order valence-corrected chi connectivity index (χ1v) is 9.12. The van der Waals surface area contributed by atoms with Crippen LogP contribution >= 0.6 is 0 Å². The Morgan fingerprint density at radius 2 is 1.93 bits per heavy atom. The third kappa shape index (κ3) is 3.42. The summed E-state index contributed by atoms with van der Waals surface area (Å²) in [4.78, 5) is 19.3. The van der Waals surface area contributed by atoms with Crippen LogP contribution in [0, 0.1) is 6.92 Å². The monoisotopic (exact) mass is 365 g/mol. The Morgan fingerprint density at radius 1 is 1.11 bits per heavy atom. The molecule has 8 nitrogen and oxygen atoms in total. The fraction of sp³-hybridized carbons (Fsp3) is 0.368. The van der Waals surface area contributed by atoms with E-state index in [-0.39, 0.29) is 5.96 Å². The molecular formula is C19H23N7O. The van der Waals surface area contributed by atoms with Gasteiger partial charge in [0.05, 0.1) is 11.9 Å². The van der Waals surface area contributed by atoms with Gasteiger partial charge in [-0.05, 0) is 44.7 Å². The van der Waals surface area contributed by atoms with Crippen molar-refractivity contribution in [1.29, 1.82) is 0 Å². The summed E-state index contributed by atoms with van der Waals surface area (Å²) in [6.45, 7) is 1.87. The van der Waals surface area contributed by atoms with Crippen molar-refractivity contribution in [2.75, 3.05) is 4.90 Å². The van der Waals surface area contributed by atoms with Crippen LogP contribution in [0.1, 0.15) is 37.8 Å². The molecule has 0 saturated heterocycles. The maximum atomic E-state index is 6.28. The number of anilines is 1. The van der Waals surface area contributed by atoms with E-state index in [0.717, 1.165) is 37.1 Å². The van der Waals surface area contributed by atoms with Gasteiger partial charge in [-0.3, -0.25) is 9.88 Å². The van der Waals surface area contributed by atoms with Gasteiger partial charge in [-0.2, -0.15) is 4.99 Å². The molecule has 1 aromatic carbocycles. The fourth-order valence-corrected chi connectivity index (χ4v) is 3.79. The minimum Gasteiger partial charge on any atom is -0.437 e. The molecule has 1 fully saturated rings. The average molecular weight is 365 g/mol. The zero-order valence-electron chi connectivity index (χ0n) is 15.3. The van der Waals surface area contributed by atoms with E-state index in [1.807, 2.05) is 36.1 Å². The van der Waals surface area contributed by atoms with Gasteiger partial charge < -0.3 is 16.2 Å². The maximum Gasteiger partial charge on any atom is 0.238 e. The van der Waals surface area contributed by atoms with Gasteiger partial charge in [0, 0.05) is 18.0 Å². The van der Waals surface area contributed by atoms with Crippen LogP contribution in [0.2, 0.25) is 0 Å². The number of aryl methyl sites for hydroxylation is 1. The number of hydrogen-bond acceptors (Lipinski definition) is 8. The van der Waals surface area contributed by atoms with E-state index >= 15 is 0 Å². The Kier molecular flexibility index (Phi) is 4.39. The second-order valence-corrected chi connectivity index (χ2v) is 6.92. The van der Waals surface area contributed by atoms with E-state index in [2.05, 4.69) is 15.0 Å². The van der Waals surface area contributed by atoms with Gasteiger partial charge in [0.1, 0.15) is 11.4 Å². The lowest BCUT2D eigenvalue weighted by Gasteiger charge is -2.45. The molecule has 1 aromatic heterocycles. The van der Waals surface area contributed by atoms with Crippen molar-refractivity contribution < 1.29 is 4.74 Å². The smallest absolute Gasteiger partial charge is 0.238 e. The van der Waals surface area contributed by atoms with E-state index in [4.69, 9.17) is 21.2 Å². The molecule has 0 unspecified atom stereocenters. The number of benzene rings is 1. The quantitative estimate of drug-likeness (QED) is 0.864. The second kappa shape index (κ2) is 6.86. The molecule has 1 spiro atoms. The lowest BCUT2D eigenvalue weighted by molar-refractivity contribution is 0.305. The summed E-state index contributed by atoms with van der Waals surface area (Å²) >= 11 is 0. The molecule has 140 valence electrons. The number of aliphatic imine (C=N–C) groups is 2. The summed E-state index contributed by atoms with van der Waals surface area (Å²) in [5.74, 6) is 1.70. The van der Waals surface area contributed by atoms with Crippen LogP contribution in [-0.4, -0.2) is 27.5 Å². The van der Waals surface area contributed by atoms with Crippen LogP contribution in [0.4, 0.5) is 5.69 Å². The minimum atomic E-state index is -0.476. The van der Waals surface area contributed by atoms with Crippen LogP contribution in [-0.2, 0) is 0 Å². The van der Waals surface area contributed by atoms with E-state index in [0.29, 0.717) is 17.6 Å². The van der Waals surface area contributed by atoms with Crippen molar-refractivity contribution in [3.8, 4) is 11.6 Å². The number of guanidine groups is 2. The molecule has 0 amide bonds. The van der Waals surface area contributed by atoms with Crippen LogP contribution in [0.5, 0.6) is 11.6 Å². The summed E-state index contributed by atoms with van der Waals surface area (Å²) in [5, 5.41) is 0. The number of nitrogens with two attached hydrogens (primary N) is 2. The second-order valence-electron chi connectivity index (χ2n) is 6.92. The van der Waals surface area contributed by atoms with Crippen LogP contribution in [0.15, 0.2) is 46.6 Å². The SMILES string of the molecule is Cc1cncc(Oc2cccc(N3C(N)=NC(N)=NC34CCCCC4)c2)n1. The van der Waals surface area contributed by atoms with Gasteiger partial charge in [0.2, 0.25) is 17.8 Å². The Labute approximate surface area is 158 Å². The molecule has 4 rings (SSSR count). The standard InChI is InChI=1S/C19H23N7O/c1-13-11-22-12-16(23-13)27-15-7-5-6-14(10-15)26-18(21)24-17(20)25-19(26)8-3-2-4-9-19/h5-7,10-12H,2-4,8-9H2,1H3,(H4,20,21,24,25). The zero-order valence-corrected chi connectivity index (χ0v) is 15.3. The fourth-order valence-electron chi connectivity index (χ4n) is 3.79. The van der Waals surface area contributed by atoms with Crippen molar-refractivity contribution in [3.63, 3.8) is 0 Å². The number of nitrogens with zero attached hydrogens (tertiary/aromatic N) is 5. The summed E-state index contributed by atoms with van der Waals surface area (Å²) in [6.07, 6.45) is 8.40. The summed E-state index contributed by atoms with van der Waals surface area (Å²) in [6, 6.07) is 7.68. The molecule has 2 heterocycles. The van der Waals surface area contributed by atoms with Crippen LogP contribution in [0.25, 0.3) is 0 Å². The third-order valence-corrected chi connectivity index (χ3v) is 4.88. The van der Waals surface area contributed by atoms with Crippen molar-refractivity contribution >= 4 is 17.6 Å². The van der Waals surface area contributed by atoms with Crippen LogP contribution in [0.3, 0.4) is 0 Å². The highest BCUT2D eigenvalue weighted by molar-refractivity contribution is 6.05. The molecule has 1 aliphatic heterocycles. The van der Waals surface area contributed by atoms with Gasteiger partial charge in [0.15, 0.2) is 0 Å². The van der Waals surface area contributed by atoms with Crippen molar-refractivity contribution in [2.24, 2.45) is 21.5 Å². The minimum absolute atomic E-state index is 0.244. The van der Waals surface area contributed by atoms with E-state index in [1.165, 1.54) is 6.42 Å². The predicted molar refractivity (Wildman–Crippen MR) is 105 cm³/mol. The van der Waals surface area contributed by atoms with Gasteiger partial charge in [0.25, 0.3) is 0 Å². The molecule has 0 radical (unpaired) electrons. The van der Waals surface area contributed by atoms with Gasteiger partial charge in [-0.1, -0.05) is 12.5 Å². The van der Waals surface area contributed by atoms with E-state index < -0.39 is 5.66 Å². The number of rotatable bonds is 3. The predicted octanol–water partition coefficient (Wildman–Crippen LogP) is 2.69. The average Bonchev–Trinajstić information content (AvgIpc) is 2.62. The van der Waals surface area contributed by atoms with Crippen molar-refractivity contribution in [3.05, 3.63) is 42.4 Å². The molecule has 0 bridgehead atoms. The Balaban J connectivity index is 1.68. The largest absolute Gasteiger partial charge is 0.437 e.